The van der Waals surface area contributed by atoms with Crippen LogP contribution in [-0.4, -0.2) is 40.3 Å². The summed E-state index contributed by atoms with van der Waals surface area (Å²) in [6.45, 7) is 2.37. The maximum absolute atomic E-state index is 13.1. The van der Waals surface area contributed by atoms with Crippen LogP contribution in [0.1, 0.15) is 46.3 Å². The van der Waals surface area contributed by atoms with E-state index < -0.39 is 0 Å². The van der Waals surface area contributed by atoms with Gasteiger partial charge in [-0.2, -0.15) is 0 Å². The van der Waals surface area contributed by atoms with E-state index in [9.17, 15) is 14.0 Å². The summed E-state index contributed by atoms with van der Waals surface area (Å²) < 4.78 is 18.5. The number of anilines is 1. The summed E-state index contributed by atoms with van der Waals surface area (Å²) in [4.78, 5) is 36.5. The number of hydrogen-bond acceptors (Lipinski definition) is 5. The molecule has 4 rings (SSSR count). The van der Waals surface area contributed by atoms with Crippen LogP contribution in [0.4, 0.5) is 10.1 Å². The number of likely N-dealkylation sites (tertiary alicyclic amines) is 1. The second-order valence-electron chi connectivity index (χ2n) is 7.92. The minimum atomic E-state index is -0.377. The van der Waals surface area contributed by atoms with Crippen molar-refractivity contribution in [1.29, 1.82) is 0 Å². The first kappa shape index (κ1) is 22.4. The highest BCUT2D eigenvalue weighted by molar-refractivity contribution is 6.04. The van der Waals surface area contributed by atoms with E-state index in [0.29, 0.717) is 35.1 Å². The zero-order valence-corrected chi connectivity index (χ0v) is 18.5. The Balaban J connectivity index is 1.48. The van der Waals surface area contributed by atoms with Crippen LogP contribution < -0.4 is 10.1 Å². The predicted molar refractivity (Wildman–Crippen MR) is 122 cm³/mol. The number of aromatic nitrogens is 2. The van der Waals surface area contributed by atoms with Gasteiger partial charge in [0.05, 0.1) is 30.8 Å². The topological polar surface area (TPSA) is 84.4 Å². The molecule has 2 aromatic carbocycles. The number of rotatable bonds is 6. The van der Waals surface area contributed by atoms with E-state index in [1.807, 2.05) is 24.3 Å². The third-order valence-corrected chi connectivity index (χ3v) is 5.75. The average molecular weight is 448 g/mol. The number of para-hydroxylation sites is 1. The fourth-order valence-electron chi connectivity index (χ4n) is 4.05. The molecule has 1 saturated heterocycles. The van der Waals surface area contributed by atoms with E-state index in [0.717, 1.165) is 18.4 Å². The fourth-order valence-corrected chi connectivity index (χ4v) is 4.05. The number of ether oxygens (including phenoxy) is 1. The summed E-state index contributed by atoms with van der Waals surface area (Å²) in [5.74, 6) is 0.447. The molecule has 1 N–H and O–H groups in total. The number of carbonyl (C=O) groups excluding carboxylic acids is 2. The molecule has 0 radical (unpaired) electrons. The zero-order valence-electron chi connectivity index (χ0n) is 18.5. The molecule has 1 aliphatic rings. The SMILES string of the molecule is COc1ccccc1CC(=O)N1CCC[C@H]1c1ncc(C(=O)Nc2ccc(F)cc2)c(C)n1. The molecule has 0 saturated carbocycles. The molecule has 170 valence electrons. The van der Waals surface area contributed by atoms with Gasteiger partial charge in [0.25, 0.3) is 5.91 Å². The summed E-state index contributed by atoms with van der Waals surface area (Å²) in [6, 6.07) is 12.8. The molecule has 0 unspecified atom stereocenters. The maximum atomic E-state index is 13.1. The van der Waals surface area contributed by atoms with Crippen LogP contribution in [0.5, 0.6) is 5.75 Å². The summed E-state index contributed by atoms with van der Waals surface area (Å²) in [5.41, 5.74) is 2.16. The van der Waals surface area contributed by atoms with E-state index in [2.05, 4.69) is 15.3 Å². The largest absolute Gasteiger partial charge is 0.496 e. The number of amides is 2. The lowest BCUT2D eigenvalue weighted by Gasteiger charge is -2.24. The normalized spacial score (nSPS) is 15.4. The van der Waals surface area contributed by atoms with Gasteiger partial charge in [0.1, 0.15) is 11.6 Å². The summed E-state index contributed by atoms with van der Waals surface area (Å²) in [5, 5.41) is 2.72. The molecule has 1 atom stereocenters. The van der Waals surface area contributed by atoms with Gasteiger partial charge in [-0.15, -0.1) is 0 Å². The Morgan fingerprint density at radius 1 is 1.18 bits per heavy atom. The average Bonchev–Trinajstić information content (AvgIpc) is 3.31. The van der Waals surface area contributed by atoms with Crippen molar-refractivity contribution in [3.8, 4) is 5.75 Å². The third kappa shape index (κ3) is 5.00. The van der Waals surface area contributed by atoms with E-state index in [-0.39, 0.29) is 30.1 Å². The Morgan fingerprint density at radius 2 is 1.94 bits per heavy atom. The van der Waals surface area contributed by atoms with Crippen LogP contribution >= 0.6 is 0 Å². The first-order valence-corrected chi connectivity index (χ1v) is 10.8. The van der Waals surface area contributed by atoms with Gasteiger partial charge in [0, 0.05) is 24.0 Å². The van der Waals surface area contributed by atoms with Crippen LogP contribution in [0.25, 0.3) is 0 Å². The van der Waals surface area contributed by atoms with Crippen molar-refractivity contribution in [1.82, 2.24) is 14.9 Å². The summed E-state index contributed by atoms with van der Waals surface area (Å²) in [6.07, 6.45) is 3.34. The van der Waals surface area contributed by atoms with Crippen LogP contribution in [0.15, 0.2) is 54.7 Å². The highest BCUT2D eigenvalue weighted by atomic mass is 19.1. The Hall–Kier alpha value is -3.81. The van der Waals surface area contributed by atoms with Crippen molar-refractivity contribution in [3.63, 3.8) is 0 Å². The van der Waals surface area contributed by atoms with Gasteiger partial charge >= 0.3 is 0 Å². The van der Waals surface area contributed by atoms with Gasteiger partial charge in [-0.05, 0) is 50.1 Å². The Labute approximate surface area is 191 Å². The second-order valence-corrected chi connectivity index (χ2v) is 7.92. The predicted octanol–water partition coefficient (Wildman–Crippen LogP) is 4.09. The highest BCUT2D eigenvalue weighted by Crippen LogP contribution is 2.31. The van der Waals surface area contributed by atoms with Gasteiger partial charge in [0.2, 0.25) is 5.91 Å². The molecule has 2 amide bonds. The number of halogens is 1. The second kappa shape index (κ2) is 9.77. The first-order chi connectivity index (χ1) is 16.0. The minimum Gasteiger partial charge on any atom is -0.496 e. The van der Waals surface area contributed by atoms with Crippen molar-refractivity contribution in [3.05, 3.63) is 83.2 Å². The van der Waals surface area contributed by atoms with Crippen LogP contribution in [0.3, 0.4) is 0 Å². The van der Waals surface area contributed by atoms with E-state index in [4.69, 9.17) is 4.74 Å². The number of hydrogen-bond donors (Lipinski definition) is 1. The van der Waals surface area contributed by atoms with Crippen molar-refractivity contribution < 1.29 is 18.7 Å². The monoisotopic (exact) mass is 448 g/mol. The molecule has 0 aliphatic carbocycles. The van der Waals surface area contributed by atoms with Gasteiger partial charge in [0.15, 0.2) is 5.82 Å². The number of carbonyl (C=O) groups is 2. The van der Waals surface area contributed by atoms with Crippen molar-refractivity contribution in [2.75, 3.05) is 19.0 Å². The van der Waals surface area contributed by atoms with Gasteiger partial charge in [-0.1, -0.05) is 18.2 Å². The Morgan fingerprint density at radius 3 is 2.67 bits per heavy atom. The maximum Gasteiger partial charge on any atom is 0.259 e. The molecule has 7 nitrogen and oxygen atoms in total. The van der Waals surface area contributed by atoms with Crippen molar-refractivity contribution in [2.45, 2.75) is 32.2 Å². The molecule has 2 heterocycles. The van der Waals surface area contributed by atoms with Crippen LogP contribution in [-0.2, 0) is 11.2 Å². The number of nitrogens with zero attached hydrogens (tertiary/aromatic N) is 3. The minimum absolute atomic E-state index is 0.0126. The fraction of sp³-hybridized carbons (Fsp3) is 0.280. The van der Waals surface area contributed by atoms with Crippen molar-refractivity contribution in [2.24, 2.45) is 0 Å². The van der Waals surface area contributed by atoms with Gasteiger partial charge < -0.3 is 15.0 Å². The van der Waals surface area contributed by atoms with Crippen molar-refractivity contribution >= 4 is 17.5 Å². The molecule has 8 heteroatoms. The molecule has 0 spiro atoms. The highest BCUT2D eigenvalue weighted by Gasteiger charge is 2.32. The third-order valence-electron chi connectivity index (χ3n) is 5.75. The van der Waals surface area contributed by atoms with Gasteiger partial charge in [-0.25, -0.2) is 14.4 Å². The van der Waals surface area contributed by atoms with Crippen LogP contribution in [0.2, 0.25) is 0 Å². The molecule has 1 fully saturated rings. The van der Waals surface area contributed by atoms with E-state index in [1.165, 1.54) is 30.5 Å². The first-order valence-electron chi connectivity index (χ1n) is 10.8. The molecular formula is C25H25FN4O3. The lowest BCUT2D eigenvalue weighted by Crippen LogP contribution is -2.33. The van der Waals surface area contributed by atoms with Gasteiger partial charge in [-0.3, -0.25) is 9.59 Å². The molecule has 1 aromatic heterocycles. The zero-order chi connectivity index (χ0) is 23.4. The number of aryl methyl sites for hydroxylation is 1. The summed E-state index contributed by atoms with van der Waals surface area (Å²) >= 11 is 0. The Kier molecular flexibility index (Phi) is 6.63. The molecule has 33 heavy (non-hydrogen) atoms. The quantitative estimate of drug-likeness (QED) is 0.614. The number of benzene rings is 2. The standard InChI is InChI=1S/C25H25FN4O3/c1-16-20(25(32)29-19-11-9-18(26)10-12-19)15-27-24(28-16)21-7-5-13-30(21)23(31)14-17-6-3-4-8-22(17)33-2/h3-4,6,8-12,15,21H,5,7,13-14H2,1-2H3,(H,29,32)/t21-/m0/s1. The lowest BCUT2D eigenvalue weighted by molar-refractivity contribution is -0.131. The number of methoxy groups -OCH3 is 1. The molecular weight excluding hydrogens is 423 g/mol. The van der Waals surface area contributed by atoms with E-state index in [1.54, 1.807) is 18.9 Å². The molecule has 3 aromatic rings. The van der Waals surface area contributed by atoms with E-state index >= 15 is 0 Å². The smallest absolute Gasteiger partial charge is 0.259 e. The lowest BCUT2D eigenvalue weighted by atomic mass is 10.1. The van der Waals surface area contributed by atoms with Crippen LogP contribution in [0, 0.1) is 12.7 Å². The summed E-state index contributed by atoms with van der Waals surface area (Å²) in [7, 11) is 1.59. The molecule has 0 bridgehead atoms. The molecule has 1 aliphatic heterocycles. The Bertz CT molecular complexity index is 1170. The number of nitrogens with one attached hydrogen (secondary N) is 1.